The number of hydrogen-bond acceptors (Lipinski definition) is 4. The number of halogens is 3. The average molecular weight is 1770 g/mol. The van der Waals surface area contributed by atoms with Crippen LogP contribution in [0.25, 0.3) is 89.0 Å². The quantitative estimate of drug-likeness (QED) is 0.0871. The van der Waals surface area contributed by atoms with Crippen LogP contribution in [0, 0.1) is 0 Å². The summed E-state index contributed by atoms with van der Waals surface area (Å²) in [5.41, 5.74) is 14.4. The van der Waals surface area contributed by atoms with E-state index in [1.807, 2.05) is 231 Å². The van der Waals surface area contributed by atoms with Crippen molar-refractivity contribution < 1.29 is 32.9 Å². The topological polar surface area (TPSA) is 21.8 Å². The Morgan fingerprint density at radius 3 is 0.678 bits per heavy atom. The summed E-state index contributed by atoms with van der Waals surface area (Å²) in [7, 11) is 0. The molecule has 0 bridgehead atoms. The van der Waals surface area contributed by atoms with Gasteiger partial charge in [-0.2, -0.15) is 0 Å². The lowest BCUT2D eigenvalue weighted by Crippen LogP contribution is -2.11. The van der Waals surface area contributed by atoms with Gasteiger partial charge >= 0.3 is 0 Å². The maximum absolute atomic E-state index is 9.36. The number of benzene rings is 19. The molecule has 582 valence electrons. The molecule has 0 spiro atoms. The van der Waals surface area contributed by atoms with Crippen molar-refractivity contribution >= 4 is 110 Å². The summed E-state index contributed by atoms with van der Waals surface area (Å²) < 4.78 is 207. The van der Waals surface area contributed by atoms with E-state index in [0.717, 1.165) is 22.5 Å². The summed E-state index contributed by atoms with van der Waals surface area (Å²) in [6, 6.07) is 108. The van der Waals surface area contributed by atoms with Gasteiger partial charge in [0.15, 0.2) is 0 Å². The second-order valence-electron chi connectivity index (χ2n) is 26.9. The number of nitrogens with zero attached hydrogens (tertiary/aromatic N) is 3. The molecule has 0 aliphatic carbocycles. The highest BCUT2D eigenvalue weighted by Crippen LogP contribution is 2.44. The van der Waals surface area contributed by atoms with Crippen molar-refractivity contribution in [3.63, 3.8) is 0 Å². The van der Waals surface area contributed by atoms with Crippen molar-refractivity contribution in [2.24, 2.45) is 0 Å². The number of hydrogen-bond donors (Lipinski definition) is 1. The van der Waals surface area contributed by atoms with Gasteiger partial charge in [0, 0.05) is 81.4 Å². The lowest BCUT2D eigenvalue weighted by Gasteiger charge is -2.28. The van der Waals surface area contributed by atoms with Crippen molar-refractivity contribution in [1.29, 1.82) is 0 Å². The first-order valence-electron chi connectivity index (χ1n) is 50.5. The van der Waals surface area contributed by atoms with E-state index < -0.39 is 0 Å². The Morgan fingerprint density at radius 2 is 0.380 bits per heavy atom. The molecule has 0 heterocycles. The van der Waals surface area contributed by atoms with E-state index in [9.17, 15) is 5.48 Å². The van der Waals surface area contributed by atoms with Gasteiger partial charge in [0.05, 0.1) is 38.6 Å². The van der Waals surface area contributed by atoms with Crippen molar-refractivity contribution in [1.82, 2.24) is 0 Å². The standard InChI is InChI=1S/C48H36N2.C30H22BrN.C18H12Br2.C18H15N/c1-5-15-41(16-6-1)47-23-13-14-24-48(47)50(44-21-11-4-12-22-44)46-35-31-40(32-36-46)38-27-25-37(26-28-38)39-29-33-45(34-30-39)49(42-17-7-2-8-18-42)43-19-9-3-10-20-43;31-27-19-15-25(16-20-27)23-11-13-24(14-12-23)26-17-21-30(22-18-26)32(28-7-3-1-4-8-28)29-9-5-2-6-10-29;19-17-9-5-15(6-10-17)13-1-2-14(4-3-13)16-7-11-18(20)12-8-16;1-3-9-15(10-4-1)17-13-7-8-14-18(17)19-16-11-5-2-6-12-16/h1-36H;1-22H;1-12H;1-14,19H/i29D,30D,31D,32D,33D,34D,35D,36D;15D,16D,17D,18D,19D,20D,21D,22D;5D,6D,7D,8D,9D,10D,11D,12D;. The Hall–Kier alpha value is -14.2. The largest absolute Gasteiger partial charge is 0.355 e. The minimum atomic E-state index is -0.225. The molecule has 0 fully saturated rings. The molecule has 7 heteroatoms. The van der Waals surface area contributed by atoms with Crippen molar-refractivity contribution in [2.75, 3.05) is 20.0 Å². The van der Waals surface area contributed by atoms with E-state index in [4.69, 9.17) is 27.4 Å². The van der Waals surface area contributed by atoms with E-state index in [1.54, 1.807) is 87.5 Å². The van der Waals surface area contributed by atoms with Crippen molar-refractivity contribution in [3.8, 4) is 89.0 Å². The number of nitrogens with one attached hydrogen (secondary N) is 1. The van der Waals surface area contributed by atoms with Crippen LogP contribution in [0.1, 0.15) is 32.9 Å². The molecule has 4 nitrogen and oxygen atoms in total. The maximum Gasteiger partial charge on any atom is 0.0645 e. The molecule has 0 aromatic heterocycles. The Morgan fingerprint density at radius 1 is 0.165 bits per heavy atom. The zero-order valence-electron chi connectivity index (χ0n) is 88.6. The molecule has 0 radical (unpaired) electrons. The van der Waals surface area contributed by atoms with Gasteiger partial charge in [0.2, 0.25) is 0 Å². The van der Waals surface area contributed by atoms with Gasteiger partial charge in [-0.25, -0.2) is 0 Å². The van der Waals surface area contributed by atoms with E-state index in [2.05, 4.69) is 114 Å². The van der Waals surface area contributed by atoms with Crippen LogP contribution < -0.4 is 20.0 Å². The van der Waals surface area contributed by atoms with Crippen LogP contribution in [0.3, 0.4) is 0 Å². The molecule has 19 aromatic carbocycles. The van der Waals surface area contributed by atoms with Gasteiger partial charge in [-0.15, -0.1) is 0 Å². The monoisotopic (exact) mass is 1770 g/mol. The first-order chi connectivity index (χ1) is 69.8. The molecule has 0 aliphatic rings. The minimum Gasteiger partial charge on any atom is -0.355 e. The summed E-state index contributed by atoms with van der Waals surface area (Å²) in [5.74, 6) is 0. The Kier molecular flexibility index (Phi) is 18.7. The molecule has 121 heavy (non-hydrogen) atoms. The van der Waals surface area contributed by atoms with E-state index in [0.29, 0.717) is 67.5 Å². The van der Waals surface area contributed by atoms with Gasteiger partial charge in [-0.1, -0.05) is 399 Å². The van der Waals surface area contributed by atoms with Crippen LogP contribution >= 0.6 is 47.8 Å². The molecule has 1 N–H and O–H groups in total. The normalized spacial score (nSPS) is 13.4. The van der Waals surface area contributed by atoms with Gasteiger partial charge in [0.25, 0.3) is 0 Å². The number of rotatable bonds is 19. The van der Waals surface area contributed by atoms with Crippen LogP contribution in [0.2, 0.25) is 0 Å². The molecule has 19 rings (SSSR count). The summed E-state index contributed by atoms with van der Waals surface area (Å²) >= 11 is 9.25. The highest BCUT2D eigenvalue weighted by molar-refractivity contribution is 9.11. The zero-order chi connectivity index (χ0) is 103. The molecule has 0 saturated carbocycles. The Balaban J connectivity index is 0.000000150. The third kappa shape index (κ3) is 20.9. The molecule has 19 aromatic rings. The van der Waals surface area contributed by atoms with Crippen molar-refractivity contribution in [2.45, 2.75) is 0 Å². The summed E-state index contributed by atoms with van der Waals surface area (Å²) in [4.78, 5) is 5.21. The number of para-hydroxylation sites is 8. The van der Waals surface area contributed by atoms with Gasteiger partial charge in [-0.05, 0) is 235 Å². The first kappa shape index (κ1) is 56.3. The van der Waals surface area contributed by atoms with Crippen LogP contribution in [0.15, 0.2) is 522 Å². The van der Waals surface area contributed by atoms with Crippen LogP contribution in [-0.2, 0) is 0 Å². The minimum absolute atomic E-state index is 0.0895. The molecule has 0 aliphatic heterocycles. The van der Waals surface area contributed by atoms with Gasteiger partial charge in [0.1, 0.15) is 0 Å². The number of anilines is 11. The fourth-order valence-corrected chi connectivity index (χ4v) is 13.8. The molecular formula is C114H85Br3N4. The molecule has 0 saturated heterocycles. The highest BCUT2D eigenvalue weighted by atomic mass is 79.9. The highest BCUT2D eigenvalue weighted by Gasteiger charge is 2.19. The summed E-state index contributed by atoms with van der Waals surface area (Å²) in [6.45, 7) is 0. The maximum atomic E-state index is 9.36. The smallest absolute Gasteiger partial charge is 0.0645 e. The zero-order valence-corrected chi connectivity index (χ0v) is 69.4. The molecular weight excluding hydrogens is 1660 g/mol. The molecule has 0 amide bonds. The molecule has 0 atom stereocenters. The molecule has 0 unspecified atom stereocenters. The van der Waals surface area contributed by atoms with Crippen molar-refractivity contribution in [3.05, 3.63) is 522 Å². The second kappa shape index (κ2) is 40.3. The predicted molar refractivity (Wildman–Crippen MR) is 526 cm³/mol. The fourth-order valence-electron chi connectivity index (χ4n) is 13.2. The van der Waals surface area contributed by atoms with E-state index in [-0.39, 0.29) is 209 Å². The van der Waals surface area contributed by atoms with Gasteiger partial charge in [-0.3, -0.25) is 0 Å². The lowest BCUT2D eigenvalue weighted by atomic mass is 9.99. The average Bonchev–Trinajstić information content (AvgIpc) is 0.751. The third-order valence-corrected chi connectivity index (χ3v) is 20.2. The van der Waals surface area contributed by atoms with Gasteiger partial charge < -0.3 is 20.0 Å². The second-order valence-corrected chi connectivity index (χ2v) is 29.3. The first-order valence-corrected chi connectivity index (χ1v) is 40.9. The lowest BCUT2D eigenvalue weighted by molar-refractivity contribution is 1.28. The van der Waals surface area contributed by atoms with Crippen LogP contribution in [-0.4, -0.2) is 0 Å². The Bertz CT molecular complexity index is 7670. The fraction of sp³-hybridized carbons (Fsp3) is 0. The van der Waals surface area contributed by atoms with E-state index in [1.165, 1.54) is 11.1 Å². The van der Waals surface area contributed by atoms with Crippen LogP contribution in [0.4, 0.5) is 62.6 Å². The predicted octanol–water partition coefficient (Wildman–Crippen LogP) is 34.5. The van der Waals surface area contributed by atoms with Crippen LogP contribution in [0.5, 0.6) is 0 Å². The van der Waals surface area contributed by atoms with E-state index >= 15 is 0 Å². The third-order valence-electron chi connectivity index (χ3n) is 19.0. The summed E-state index contributed by atoms with van der Waals surface area (Å²) in [5, 5.41) is 3.47. The Labute approximate surface area is 770 Å². The SMILES string of the molecule is [2H]c1c([2H])c(-c2ccc(-c3c([2H])c([2H])c(Br)c([2H])c3[2H])cc2)c([2H])c([2H])c1Br.[2H]c1c([2H])c(-c2ccc(-c3c([2H])c([2H])c(N(c4ccccc4)c4ccccc4)c([2H])c3[2H])cc2)c([2H])c([2H])c1Br.[2H]c1c([2H])c(N(c2ccccc2)c2ccccc2)c([2H])c([2H])c1-c1ccc(-c2c([2H])c([2H])c(N(c3ccccc3)c3ccccc3-c3ccccc3)c([2H])c2[2H])cc1.c1ccc(Nc2ccccc2-c2ccccc2)cc1. The summed E-state index contributed by atoms with van der Waals surface area (Å²) in [6.07, 6.45) is 0.